The molecule has 0 aromatic heterocycles. The summed E-state index contributed by atoms with van der Waals surface area (Å²) in [7, 11) is 0. The van der Waals surface area contributed by atoms with E-state index in [1.165, 1.54) is 0 Å². The van der Waals surface area contributed by atoms with E-state index in [1.54, 1.807) is 6.07 Å². The summed E-state index contributed by atoms with van der Waals surface area (Å²) in [6, 6.07) is 7.63. The molecule has 106 valence electrons. The Balaban J connectivity index is 1.87. The minimum Gasteiger partial charge on any atom is -0.378 e. The summed E-state index contributed by atoms with van der Waals surface area (Å²) in [5.41, 5.74) is 2.03. The zero-order valence-corrected chi connectivity index (χ0v) is 12.0. The first-order valence-corrected chi connectivity index (χ1v) is 7.05. The molecule has 4 heteroatoms. The van der Waals surface area contributed by atoms with Gasteiger partial charge in [-0.05, 0) is 44.2 Å². The van der Waals surface area contributed by atoms with Crippen LogP contribution >= 0.6 is 0 Å². The number of amides is 1. The first kappa shape index (κ1) is 14.5. The Morgan fingerprint density at radius 3 is 2.90 bits per heavy atom. The molecule has 20 heavy (non-hydrogen) atoms. The number of anilines is 1. The summed E-state index contributed by atoms with van der Waals surface area (Å²) in [5.74, 6) is 0.383. The van der Waals surface area contributed by atoms with Crippen molar-refractivity contribution in [2.24, 2.45) is 5.92 Å². The highest BCUT2D eigenvalue weighted by Gasteiger charge is 2.31. The van der Waals surface area contributed by atoms with Gasteiger partial charge in [-0.15, -0.1) is 0 Å². The van der Waals surface area contributed by atoms with Gasteiger partial charge in [-0.1, -0.05) is 12.1 Å². The molecule has 0 heterocycles. The van der Waals surface area contributed by atoms with Gasteiger partial charge in [0.1, 0.15) is 6.07 Å². The van der Waals surface area contributed by atoms with Crippen LogP contribution in [0.3, 0.4) is 0 Å². The van der Waals surface area contributed by atoms with Crippen molar-refractivity contribution < 1.29 is 9.53 Å². The fourth-order valence-corrected chi connectivity index (χ4v) is 2.60. The van der Waals surface area contributed by atoms with Gasteiger partial charge in [-0.2, -0.15) is 5.26 Å². The standard InChI is InChI=1S/C16H20N2O2/c1-3-20-13-7-12(8-13)9-16(19)18-15-6-4-5-11(2)14(15)10-17/h4-6,12-13H,3,7-9H2,1-2H3,(H,18,19). The minimum absolute atomic E-state index is 0.0213. The molecule has 1 amide bonds. The molecule has 1 aliphatic carbocycles. The average Bonchev–Trinajstić information content (AvgIpc) is 2.36. The van der Waals surface area contributed by atoms with E-state index < -0.39 is 0 Å². The van der Waals surface area contributed by atoms with E-state index in [0.717, 1.165) is 25.0 Å². The van der Waals surface area contributed by atoms with Crippen LogP contribution in [-0.4, -0.2) is 18.6 Å². The molecule has 0 saturated heterocycles. The third-order valence-electron chi connectivity index (χ3n) is 3.73. The second kappa shape index (κ2) is 6.53. The molecule has 0 radical (unpaired) electrons. The molecule has 1 saturated carbocycles. The van der Waals surface area contributed by atoms with Crippen molar-refractivity contribution in [2.75, 3.05) is 11.9 Å². The van der Waals surface area contributed by atoms with Crippen molar-refractivity contribution >= 4 is 11.6 Å². The van der Waals surface area contributed by atoms with Crippen LogP contribution in [0.4, 0.5) is 5.69 Å². The summed E-state index contributed by atoms with van der Waals surface area (Å²) in [6.07, 6.45) is 2.74. The summed E-state index contributed by atoms with van der Waals surface area (Å²) in [4.78, 5) is 12.0. The maximum atomic E-state index is 12.0. The van der Waals surface area contributed by atoms with Gasteiger partial charge >= 0.3 is 0 Å². The van der Waals surface area contributed by atoms with Crippen LogP contribution in [0.5, 0.6) is 0 Å². The van der Waals surface area contributed by atoms with Gasteiger partial charge in [0.05, 0.1) is 17.4 Å². The maximum Gasteiger partial charge on any atom is 0.224 e. The van der Waals surface area contributed by atoms with Crippen molar-refractivity contribution in [3.63, 3.8) is 0 Å². The molecule has 0 bridgehead atoms. The lowest BCUT2D eigenvalue weighted by atomic mass is 9.80. The largest absolute Gasteiger partial charge is 0.378 e. The highest BCUT2D eigenvalue weighted by molar-refractivity contribution is 5.92. The van der Waals surface area contributed by atoms with E-state index in [9.17, 15) is 4.79 Å². The first-order chi connectivity index (χ1) is 9.63. The SMILES string of the molecule is CCOC1CC(CC(=O)Nc2cccc(C)c2C#N)C1. The second-order valence-electron chi connectivity index (χ2n) is 5.28. The Hall–Kier alpha value is -1.86. The van der Waals surface area contributed by atoms with E-state index in [0.29, 0.717) is 29.7 Å². The lowest BCUT2D eigenvalue weighted by Gasteiger charge is -2.34. The van der Waals surface area contributed by atoms with Crippen LogP contribution in [0.25, 0.3) is 0 Å². The third kappa shape index (κ3) is 3.37. The molecule has 1 fully saturated rings. The number of aryl methyl sites for hydroxylation is 1. The van der Waals surface area contributed by atoms with Gasteiger partial charge in [0.15, 0.2) is 0 Å². The number of carbonyl (C=O) groups is 1. The van der Waals surface area contributed by atoms with Crippen LogP contribution in [0, 0.1) is 24.2 Å². The van der Waals surface area contributed by atoms with Gasteiger partial charge in [0.2, 0.25) is 5.91 Å². The van der Waals surface area contributed by atoms with Crippen molar-refractivity contribution in [3.05, 3.63) is 29.3 Å². The third-order valence-corrected chi connectivity index (χ3v) is 3.73. The molecule has 1 aromatic rings. The summed E-state index contributed by atoms with van der Waals surface area (Å²) < 4.78 is 5.49. The van der Waals surface area contributed by atoms with Crippen LogP contribution in [0.1, 0.15) is 37.3 Å². The van der Waals surface area contributed by atoms with E-state index >= 15 is 0 Å². The molecule has 0 atom stereocenters. The van der Waals surface area contributed by atoms with Gasteiger partial charge in [0, 0.05) is 13.0 Å². The van der Waals surface area contributed by atoms with E-state index in [4.69, 9.17) is 10.00 Å². The van der Waals surface area contributed by atoms with Crippen molar-refractivity contribution in [2.45, 2.75) is 39.2 Å². The highest BCUT2D eigenvalue weighted by Crippen LogP contribution is 2.33. The Morgan fingerprint density at radius 2 is 2.25 bits per heavy atom. The van der Waals surface area contributed by atoms with Crippen LogP contribution < -0.4 is 5.32 Å². The predicted molar refractivity (Wildman–Crippen MR) is 77.3 cm³/mol. The maximum absolute atomic E-state index is 12.0. The Labute approximate surface area is 119 Å². The molecule has 0 unspecified atom stereocenters. The molecule has 1 aromatic carbocycles. The van der Waals surface area contributed by atoms with Crippen molar-refractivity contribution in [1.82, 2.24) is 0 Å². The number of benzene rings is 1. The first-order valence-electron chi connectivity index (χ1n) is 7.05. The number of nitriles is 1. The molecule has 1 aliphatic rings. The minimum atomic E-state index is -0.0213. The zero-order chi connectivity index (χ0) is 14.5. The molecular weight excluding hydrogens is 252 g/mol. The molecule has 4 nitrogen and oxygen atoms in total. The number of hydrogen-bond acceptors (Lipinski definition) is 3. The quantitative estimate of drug-likeness (QED) is 0.896. The summed E-state index contributed by atoms with van der Waals surface area (Å²) in [6.45, 7) is 4.59. The number of carbonyl (C=O) groups excluding carboxylic acids is 1. The predicted octanol–water partition coefficient (Wildman–Crippen LogP) is 3.01. The molecular formula is C16H20N2O2. The summed E-state index contributed by atoms with van der Waals surface area (Å²) >= 11 is 0. The highest BCUT2D eigenvalue weighted by atomic mass is 16.5. The normalized spacial score (nSPS) is 20.9. The number of hydrogen-bond donors (Lipinski definition) is 1. The van der Waals surface area contributed by atoms with Crippen LogP contribution in [0.2, 0.25) is 0 Å². The van der Waals surface area contributed by atoms with Gasteiger partial charge < -0.3 is 10.1 Å². The van der Waals surface area contributed by atoms with E-state index in [2.05, 4.69) is 11.4 Å². The number of nitrogens with zero attached hydrogens (tertiary/aromatic N) is 1. The lowest BCUT2D eigenvalue weighted by molar-refractivity contribution is -0.119. The monoisotopic (exact) mass is 272 g/mol. The summed E-state index contributed by atoms with van der Waals surface area (Å²) in [5, 5.41) is 12.0. The topological polar surface area (TPSA) is 62.1 Å². The Bertz CT molecular complexity index is 528. The number of rotatable bonds is 5. The van der Waals surface area contributed by atoms with Gasteiger partial charge in [-0.25, -0.2) is 0 Å². The molecule has 1 N–H and O–H groups in total. The van der Waals surface area contributed by atoms with Crippen molar-refractivity contribution in [1.29, 1.82) is 5.26 Å². The number of nitrogens with one attached hydrogen (secondary N) is 1. The smallest absolute Gasteiger partial charge is 0.224 e. The Kier molecular flexibility index (Phi) is 4.75. The van der Waals surface area contributed by atoms with Crippen LogP contribution in [-0.2, 0) is 9.53 Å². The molecule has 0 spiro atoms. The van der Waals surface area contributed by atoms with Gasteiger partial charge in [-0.3, -0.25) is 4.79 Å². The molecule has 0 aliphatic heterocycles. The fourth-order valence-electron chi connectivity index (χ4n) is 2.60. The zero-order valence-electron chi connectivity index (χ0n) is 12.0. The van der Waals surface area contributed by atoms with Gasteiger partial charge in [0.25, 0.3) is 0 Å². The van der Waals surface area contributed by atoms with Crippen molar-refractivity contribution in [3.8, 4) is 6.07 Å². The van der Waals surface area contributed by atoms with E-state index in [-0.39, 0.29) is 5.91 Å². The van der Waals surface area contributed by atoms with E-state index in [1.807, 2.05) is 26.0 Å². The lowest BCUT2D eigenvalue weighted by Crippen LogP contribution is -2.33. The number of ether oxygens (including phenoxy) is 1. The average molecular weight is 272 g/mol. The Morgan fingerprint density at radius 1 is 1.50 bits per heavy atom. The fraction of sp³-hybridized carbons (Fsp3) is 0.500. The van der Waals surface area contributed by atoms with Crippen LogP contribution in [0.15, 0.2) is 18.2 Å². The second-order valence-corrected chi connectivity index (χ2v) is 5.28. The molecule has 2 rings (SSSR count).